The summed E-state index contributed by atoms with van der Waals surface area (Å²) in [6.45, 7) is 1.66. The predicted octanol–water partition coefficient (Wildman–Crippen LogP) is 0.520. The largest absolute Gasteiger partial charge is 0.370 e. The lowest BCUT2D eigenvalue weighted by atomic mass is 10.3. The quantitative estimate of drug-likeness (QED) is 0.469. The third-order valence-electron chi connectivity index (χ3n) is 0.717. The summed E-state index contributed by atoms with van der Waals surface area (Å²) < 4.78 is 14.4. The summed E-state index contributed by atoms with van der Waals surface area (Å²) in [5, 5.41) is 2.55. The molecule has 1 heterocycles. The van der Waals surface area contributed by atoms with E-state index in [-0.39, 0.29) is 6.31 Å². The van der Waals surface area contributed by atoms with Crippen LogP contribution in [0.15, 0.2) is 17.3 Å². The molecule has 0 amide bonds. The van der Waals surface area contributed by atoms with Gasteiger partial charge in [0.05, 0.1) is 7.69 Å². The van der Waals surface area contributed by atoms with Crippen LogP contribution in [0.4, 0.5) is 0 Å². The van der Waals surface area contributed by atoms with Gasteiger partial charge in [-0.1, -0.05) is 0 Å². The molecule has 1 N–H and O–H groups in total. The van der Waals surface area contributed by atoms with Crippen LogP contribution in [0.3, 0.4) is 0 Å². The molecular formula is C5H8N2. The number of aliphatic imine (C=N–C) groups is 1. The van der Waals surface area contributed by atoms with Crippen molar-refractivity contribution in [2.45, 2.75) is 12.9 Å². The molecule has 1 aliphatic rings. The standard InChI is InChI=1S/C5H8N2/c1-5-2-3-6-4-7-5/h2-5H,1H3,(H,6,7)/i4D,5D. The third kappa shape index (κ3) is 1.03. The SMILES string of the molecule is [2H]C1=NC=CC([2H])(C)N1. The molecule has 38 valence electrons. The van der Waals surface area contributed by atoms with Crippen LogP contribution in [0.1, 0.15) is 9.67 Å². The van der Waals surface area contributed by atoms with E-state index in [1.165, 1.54) is 6.20 Å². The maximum absolute atomic E-state index is 7.36. The van der Waals surface area contributed by atoms with E-state index in [4.69, 9.17) is 2.74 Å². The molecule has 1 unspecified atom stereocenters. The number of rotatable bonds is 0. The topological polar surface area (TPSA) is 24.4 Å². The maximum Gasteiger partial charge on any atom is 0.104 e. The Morgan fingerprint density at radius 1 is 2.14 bits per heavy atom. The fraction of sp³-hybridized carbons (Fsp3) is 0.400. The Balaban J connectivity index is 2.73. The minimum atomic E-state index is -0.848. The average molecular weight is 98.1 g/mol. The van der Waals surface area contributed by atoms with E-state index in [1.807, 2.05) is 0 Å². The van der Waals surface area contributed by atoms with Crippen molar-refractivity contribution in [2.24, 2.45) is 4.99 Å². The number of hydrogen-bond acceptors (Lipinski definition) is 2. The van der Waals surface area contributed by atoms with E-state index in [0.29, 0.717) is 0 Å². The van der Waals surface area contributed by atoms with Crippen molar-refractivity contribution in [3.05, 3.63) is 12.3 Å². The molecule has 0 saturated carbocycles. The minimum Gasteiger partial charge on any atom is -0.370 e. The van der Waals surface area contributed by atoms with Crippen molar-refractivity contribution in [1.29, 1.82) is 0 Å². The van der Waals surface area contributed by atoms with Gasteiger partial charge >= 0.3 is 0 Å². The highest BCUT2D eigenvalue weighted by Crippen LogP contribution is 1.86. The molecule has 1 aliphatic heterocycles. The molecule has 0 aromatic heterocycles. The molecule has 0 saturated heterocycles. The second kappa shape index (κ2) is 1.78. The van der Waals surface area contributed by atoms with Crippen molar-refractivity contribution in [3.63, 3.8) is 0 Å². The Kier molecular flexibility index (Phi) is 0.635. The maximum atomic E-state index is 7.36. The normalized spacial score (nSPS) is 43.3. The summed E-state index contributed by atoms with van der Waals surface area (Å²) in [5.74, 6) is 0. The first-order valence-electron chi connectivity index (χ1n) is 3.10. The molecule has 0 aromatic carbocycles. The Morgan fingerprint density at radius 3 is 3.43 bits per heavy atom. The molecule has 7 heavy (non-hydrogen) atoms. The molecule has 1 atom stereocenters. The number of nitrogens with zero attached hydrogens (tertiary/aromatic N) is 1. The minimum absolute atomic E-state index is 0.0509. The van der Waals surface area contributed by atoms with E-state index in [2.05, 4.69) is 10.3 Å². The molecule has 0 aromatic rings. The molecule has 1 rings (SSSR count). The van der Waals surface area contributed by atoms with E-state index in [9.17, 15) is 0 Å². The second-order valence-electron chi connectivity index (χ2n) is 1.36. The first-order chi connectivity index (χ1) is 4.10. The Hall–Kier alpha value is -0.790. The molecule has 0 aliphatic carbocycles. The van der Waals surface area contributed by atoms with Crippen LogP contribution in [0.2, 0.25) is 0 Å². The Labute approximate surface area is 45.8 Å². The first-order valence-corrected chi connectivity index (χ1v) is 2.10. The zero-order chi connectivity index (χ0) is 6.91. The molecule has 0 radical (unpaired) electrons. The smallest absolute Gasteiger partial charge is 0.104 e. The van der Waals surface area contributed by atoms with Crippen LogP contribution in [-0.2, 0) is 0 Å². The number of amidine groups is 1. The highest BCUT2D eigenvalue weighted by molar-refractivity contribution is 5.57. The fourth-order valence-electron chi connectivity index (χ4n) is 0.348. The van der Waals surface area contributed by atoms with Gasteiger partial charge in [0.15, 0.2) is 0 Å². The van der Waals surface area contributed by atoms with Gasteiger partial charge in [-0.2, -0.15) is 0 Å². The molecule has 2 nitrogen and oxygen atoms in total. The highest BCUT2D eigenvalue weighted by Gasteiger charge is 1.91. The van der Waals surface area contributed by atoms with Gasteiger partial charge in [-0.05, 0) is 13.0 Å². The van der Waals surface area contributed by atoms with E-state index >= 15 is 0 Å². The van der Waals surface area contributed by atoms with Gasteiger partial charge in [-0.3, -0.25) is 0 Å². The molecule has 2 heteroatoms. The zero-order valence-corrected chi connectivity index (χ0v) is 4.10. The van der Waals surface area contributed by atoms with Crippen molar-refractivity contribution >= 4 is 6.31 Å². The lowest BCUT2D eigenvalue weighted by molar-refractivity contribution is 0.805. The second-order valence-corrected chi connectivity index (χ2v) is 1.36. The van der Waals surface area contributed by atoms with Gasteiger partial charge in [-0.25, -0.2) is 4.99 Å². The third-order valence-corrected chi connectivity index (χ3v) is 0.717. The Morgan fingerprint density at radius 2 is 3.00 bits per heavy atom. The van der Waals surface area contributed by atoms with Crippen LogP contribution >= 0.6 is 0 Å². The molecule has 0 spiro atoms. The van der Waals surface area contributed by atoms with Crippen molar-refractivity contribution in [3.8, 4) is 0 Å². The van der Waals surface area contributed by atoms with Gasteiger partial charge in [0.2, 0.25) is 0 Å². The van der Waals surface area contributed by atoms with Crippen LogP contribution < -0.4 is 5.32 Å². The lowest BCUT2D eigenvalue weighted by Gasteiger charge is -2.06. The fourth-order valence-corrected chi connectivity index (χ4v) is 0.348. The summed E-state index contributed by atoms with van der Waals surface area (Å²) in [6.07, 6.45) is 3.10. The van der Waals surface area contributed by atoms with Gasteiger partial charge in [-0.15, -0.1) is 0 Å². The van der Waals surface area contributed by atoms with Gasteiger partial charge in [0, 0.05) is 12.2 Å². The summed E-state index contributed by atoms with van der Waals surface area (Å²) in [6, 6.07) is -0.848. The van der Waals surface area contributed by atoms with E-state index in [0.717, 1.165) is 0 Å². The first kappa shape index (κ1) is 2.50. The average Bonchev–Trinajstić information content (AvgIpc) is 1.60. The van der Waals surface area contributed by atoms with Gasteiger partial charge < -0.3 is 5.32 Å². The summed E-state index contributed by atoms with van der Waals surface area (Å²) in [4.78, 5) is 3.60. The summed E-state index contributed by atoms with van der Waals surface area (Å²) in [7, 11) is 0. The highest BCUT2D eigenvalue weighted by atomic mass is 15.0. The Bertz CT molecular complexity index is 172. The van der Waals surface area contributed by atoms with E-state index < -0.39 is 6.02 Å². The van der Waals surface area contributed by atoms with E-state index in [1.54, 1.807) is 13.0 Å². The van der Waals surface area contributed by atoms with Crippen LogP contribution in [-0.4, -0.2) is 12.3 Å². The monoisotopic (exact) mass is 98.1 g/mol. The van der Waals surface area contributed by atoms with Crippen molar-refractivity contribution in [1.82, 2.24) is 5.32 Å². The number of nitrogens with one attached hydrogen (secondary N) is 1. The molecule has 0 bridgehead atoms. The van der Waals surface area contributed by atoms with Crippen LogP contribution in [0.25, 0.3) is 0 Å². The summed E-state index contributed by atoms with van der Waals surface area (Å²) in [5.41, 5.74) is 0. The lowest BCUT2D eigenvalue weighted by Crippen LogP contribution is -2.23. The van der Waals surface area contributed by atoms with Gasteiger partial charge in [0.1, 0.15) is 1.37 Å². The van der Waals surface area contributed by atoms with Crippen LogP contribution in [0, 0.1) is 0 Å². The van der Waals surface area contributed by atoms with Crippen LogP contribution in [0.5, 0.6) is 0 Å². The van der Waals surface area contributed by atoms with Crippen molar-refractivity contribution in [2.75, 3.05) is 0 Å². The summed E-state index contributed by atoms with van der Waals surface area (Å²) >= 11 is 0. The zero-order valence-electron chi connectivity index (χ0n) is 6.10. The number of hydrogen-bond donors (Lipinski definition) is 1. The molecule has 0 fully saturated rings. The predicted molar refractivity (Wildman–Crippen MR) is 30.2 cm³/mol. The van der Waals surface area contributed by atoms with Crippen molar-refractivity contribution < 1.29 is 2.74 Å². The molecular weight excluding hydrogens is 88.1 g/mol. The van der Waals surface area contributed by atoms with Gasteiger partial charge in [0.25, 0.3) is 0 Å².